The molecule has 4 N–H and O–H groups in total. The van der Waals surface area contributed by atoms with Crippen LogP contribution in [0.15, 0.2) is 4.99 Å². The Bertz CT molecular complexity index is 132. The molecule has 11 heavy (non-hydrogen) atoms. The molecular weight excluding hydrogens is 142 g/mol. The Hall–Kier alpha value is -0.770. The molecule has 4 nitrogen and oxygen atoms in total. The van der Waals surface area contributed by atoms with Gasteiger partial charge in [0.25, 0.3) is 0 Å². The topological polar surface area (TPSA) is 73.6 Å². The Morgan fingerprint density at radius 1 is 1.45 bits per heavy atom. The zero-order valence-electron chi connectivity index (χ0n) is 7.37. The fourth-order valence-electron chi connectivity index (χ4n) is 0.742. The molecular formula is C7H17N3O. The van der Waals surface area contributed by atoms with Gasteiger partial charge < -0.3 is 16.2 Å². The third-order valence-electron chi connectivity index (χ3n) is 1.46. The maximum atomic E-state index is 5.29. The lowest BCUT2D eigenvalue weighted by molar-refractivity contribution is 0.0623. The quantitative estimate of drug-likeness (QED) is 0.450. The van der Waals surface area contributed by atoms with Gasteiger partial charge in [0.05, 0.1) is 12.1 Å². The molecule has 0 saturated heterocycles. The van der Waals surface area contributed by atoms with Gasteiger partial charge >= 0.3 is 0 Å². The van der Waals surface area contributed by atoms with Crippen molar-refractivity contribution in [2.45, 2.75) is 32.9 Å². The summed E-state index contributed by atoms with van der Waals surface area (Å²) in [7, 11) is 0. The highest BCUT2D eigenvalue weighted by Crippen LogP contribution is 2.01. The molecule has 0 radical (unpaired) electrons. The van der Waals surface area contributed by atoms with E-state index in [2.05, 4.69) is 4.99 Å². The highest BCUT2D eigenvalue weighted by atomic mass is 16.5. The molecule has 2 unspecified atom stereocenters. The van der Waals surface area contributed by atoms with E-state index in [0.717, 1.165) is 0 Å². The zero-order chi connectivity index (χ0) is 8.85. The lowest BCUT2D eigenvalue weighted by Gasteiger charge is -2.15. The second-order valence-corrected chi connectivity index (χ2v) is 2.46. The molecule has 0 bridgehead atoms. The minimum absolute atomic E-state index is 0.0277. The average Bonchev–Trinajstić information content (AvgIpc) is 1.86. The fourth-order valence-corrected chi connectivity index (χ4v) is 0.742. The second-order valence-electron chi connectivity index (χ2n) is 2.46. The van der Waals surface area contributed by atoms with Gasteiger partial charge in [0.1, 0.15) is 0 Å². The van der Waals surface area contributed by atoms with Gasteiger partial charge in [0, 0.05) is 6.61 Å². The van der Waals surface area contributed by atoms with E-state index < -0.39 is 0 Å². The summed E-state index contributed by atoms with van der Waals surface area (Å²) < 4.78 is 5.29. The fraction of sp³-hybridized carbons (Fsp3) is 0.857. The number of ether oxygens (including phenoxy) is 1. The van der Waals surface area contributed by atoms with Gasteiger partial charge in [-0.15, -0.1) is 0 Å². The van der Waals surface area contributed by atoms with Crippen LogP contribution in [0.3, 0.4) is 0 Å². The van der Waals surface area contributed by atoms with Crippen molar-refractivity contribution < 1.29 is 4.74 Å². The van der Waals surface area contributed by atoms with Crippen LogP contribution >= 0.6 is 0 Å². The standard InChI is InChI=1S/C7H17N3O/c1-4-11-6(3)5(2)10-7(8)9/h5-6H,4H2,1-3H3,(H4,8,9,10). The monoisotopic (exact) mass is 159 g/mol. The highest BCUT2D eigenvalue weighted by Gasteiger charge is 2.09. The van der Waals surface area contributed by atoms with Crippen LogP contribution in [0.2, 0.25) is 0 Å². The van der Waals surface area contributed by atoms with Crippen LogP contribution in [0.5, 0.6) is 0 Å². The molecule has 66 valence electrons. The van der Waals surface area contributed by atoms with Gasteiger partial charge in [-0.25, -0.2) is 4.99 Å². The number of nitrogens with two attached hydrogens (primary N) is 2. The van der Waals surface area contributed by atoms with Crippen LogP contribution in [0, 0.1) is 0 Å². The van der Waals surface area contributed by atoms with Crippen LogP contribution in [-0.4, -0.2) is 24.7 Å². The molecule has 0 aliphatic rings. The predicted molar refractivity (Wildman–Crippen MR) is 46.4 cm³/mol. The summed E-state index contributed by atoms with van der Waals surface area (Å²) in [6.45, 7) is 6.49. The van der Waals surface area contributed by atoms with Crippen molar-refractivity contribution in [2.24, 2.45) is 16.5 Å². The van der Waals surface area contributed by atoms with Crippen molar-refractivity contribution in [3.63, 3.8) is 0 Å². The number of hydrogen-bond acceptors (Lipinski definition) is 2. The molecule has 4 heteroatoms. The zero-order valence-corrected chi connectivity index (χ0v) is 7.37. The van der Waals surface area contributed by atoms with E-state index in [9.17, 15) is 0 Å². The SMILES string of the molecule is CCOC(C)C(C)N=C(N)N. The van der Waals surface area contributed by atoms with E-state index in [0.29, 0.717) is 6.61 Å². The first-order valence-electron chi connectivity index (χ1n) is 3.78. The number of nitrogens with zero attached hydrogens (tertiary/aromatic N) is 1. The summed E-state index contributed by atoms with van der Waals surface area (Å²) in [5.74, 6) is 0.115. The van der Waals surface area contributed by atoms with Gasteiger partial charge in [0.2, 0.25) is 0 Å². The molecule has 0 amide bonds. The summed E-state index contributed by atoms with van der Waals surface area (Å²) in [5.41, 5.74) is 10.4. The molecule has 0 aromatic carbocycles. The number of guanidine groups is 1. The van der Waals surface area contributed by atoms with Crippen LogP contribution in [0.25, 0.3) is 0 Å². The van der Waals surface area contributed by atoms with E-state index in [1.165, 1.54) is 0 Å². The third kappa shape index (κ3) is 4.61. The molecule has 0 aromatic rings. The molecule has 0 fully saturated rings. The van der Waals surface area contributed by atoms with Crippen molar-refractivity contribution in [3.8, 4) is 0 Å². The number of hydrogen-bond donors (Lipinski definition) is 2. The Balaban J connectivity index is 3.82. The summed E-state index contributed by atoms with van der Waals surface area (Å²) in [4.78, 5) is 3.94. The molecule has 0 rings (SSSR count). The van der Waals surface area contributed by atoms with Gasteiger partial charge in [-0.3, -0.25) is 0 Å². The molecule has 0 aliphatic carbocycles. The smallest absolute Gasteiger partial charge is 0.186 e. The minimum Gasteiger partial charge on any atom is -0.377 e. The Labute approximate surface area is 67.6 Å². The Kier molecular flexibility index (Phi) is 4.61. The predicted octanol–water partition coefficient (Wildman–Crippen LogP) is 0.0733. The molecule has 2 atom stereocenters. The summed E-state index contributed by atoms with van der Waals surface area (Å²) >= 11 is 0. The second kappa shape index (κ2) is 4.96. The summed E-state index contributed by atoms with van der Waals surface area (Å²) in [6.07, 6.45) is 0.0714. The first kappa shape index (κ1) is 10.2. The normalized spacial score (nSPS) is 15.5. The first-order chi connectivity index (χ1) is 5.07. The first-order valence-corrected chi connectivity index (χ1v) is 3.78. The molecule has 0 spiro atoms. The van der Waals surface area contributed by atoms with Gasteiger partial charge in [-0.2, -0.15) is 0 Å². The van der Waals surface area contributed by atoms with Crippen molar-refractivity contribution >= 4 is 5.96 Å². The maximum absolute atomic E-state index is 5.29. The van der Waals surface area contributed by atoms with Crippen molar-refractivity contribution in [2.75, 3.05) is 6.61 Å². The van der Waals surface area contributed by atoms with Crippen LogP contribution < -0.4 is 11.5 Å². The lowest BCUT2D eigenvalue weighted by atomic mass is 10.2. The van der Waals surface area contributed by atoms with Crippen molar-refractivity contribution in [3.05, 3.63) is 0 Å². The maximum Gasteiger partial charge on any atom is 0.186 e. The minimum atomic E-state index is 0.0277. The number of aliphatic imine (C=N–C) groups is 1. The molecule has 0 aliphatic heterocycles. The van der Waals surface area contributed by atoms with E-state index in [-0.39, 0.29) is 18.1 Å². The van der Waals surface area contributed by atoms with E-state index in [1.807, 2.05) is 20.8 Å². The van der Waals surface area contributed by atoms with E-state index in [4.69, 9.17) is 16.2 Å². The van der Waals surface area contributed by atoms with Gasteiger partial charge in [0.15, 0.2) is 5.96 Å². The van der Waals surface area contributed by atoms with Crippen LogP contribution in [-0.2, 0) is 4.74 Å². The largest absolute Gasteiger partial charge is 0.377 e. The molecule has 0 saturated carbocycles. The van der Waals surface area contributed by atoms with E-state index >= 15 is 0 Å². The lowest BCUT2D eigenvalue weighted by Crippen LogP contribution is -2.29. The van der Waals surface area contributed by atoms with Crippen molar-refractivity contribution in [1.29, 1.82) is 0 Å². The van der Waals surface area contributed by atoms with E-state index in [1.54, 1.807) is 0 Å². The highest BCUT2D eigenvalue weighted by molar-refractivity contribution is 5.75. The average molecular weight is 159 g/mol. The molecule has 0 aromatic heterocycles. The van der Waals surface area contributed by atoms with Crippen molar-refractivity contribution in [1.82, 2.24) is 0 Å². The van der Waals surface area contributed by atoms with Crippen LogP contribution in [0.1, 0.15) is 20.8 Å². The Morgan fingerprint density at radius 2 is 2.00 bits per heavy atom. The number of rotatable bonds is 4. The third-order valence-corrected chi connectivity index (χ3v) is 1.46. The summed E-state index contributed by atoms with van der Waals surface area (Å²) in [5, 5.41) is 0. The van der Waals surface area contributed by atoms with Gasteiger partial charge in [-0.05, 0) is 20.8 Å². The van der Waals surface area contributed by atoms with Gasteiger partial charge in [-0.1, -0.05) is 0 Å². The molecule has 0 heterocycles. The Morgan fingerprint density at radius 3 is 2.36 bits per heavy atom. The summed E-state index contributed by atoms with van der Waals surface area (Å²) in [6, 6.07) is 0.0277. The van der Waals surface area contributed by atoms with Crippen LogP contribution in [0.4, 0.5) is 0 Å².